The molecule has 4 nitrogen and oxygen atoms in total. The molecule has 2 N–H and O–H groups in total. The van der Waals surface area contributed by atoms with Gasteiger partial charge in [-0.25, -0.2) is 0 Å². The number of nitrogens with zero attached hydrogens (tertiary/aromatic N) is 1. The summed E-state index contributed by atoms with van der Waals surface area (Å²) in [4.78, 5) is 2.46. The summed E-state index contributed by atoms with van der Waals surface area (Å²) in [5.74, 6) is 0.928. The lowest BCUT2D eigenvalue weighted by Gasteiger charge is -2.33. The minimum absolute atomic E-state index is 0.0581. The summed E-state index contributed by atoms with van der Waals surface area (Å²) < 4.78 is 11.5. The van der Waals surface area contributed by atoms with Crippen molar-refractivity contribution < 1.29 is 9.47 Å². The van der Waals surface area contributed by atoms with E-state index in [9.17, 15) is 0 Å². The molecule has 1 aromatic rings. The molecule has 1 aromatic carbocycles. The molecular formula is C17H26N2O2. The van der Waals surface area contributed by atoms with Gasteiger partial charge in [-0.05, 0) is 37.0 Å². The lowest BCUT2D eigenvalue weighted by molar-refractivity contribution is -0.0397. The summed E-state index contributed by atoms with van der Waals surface area (Å²) in [6.45, 7) is 5.84. The summed E-state index contributed by atoms with van der Waals surface area (Å²) in [6.07, 6.45) is 4.31. The number of nitrogens with two attached hydrogens (primary N) is 1. The van der Waals surface area contributed by atoms with Crippen LogP contribution in [0.5, 0.6) is 5.75 Å². The first-order valence-electron chi connectivity index (χ1n) is 8.10. The Hall–Kier alpha value is -1.10. The van der Waals surface area contributed by atoms with Gasteiger partial charge in [0, 0.05) is 25.7 Å². The summed E-state index contributed by atoms with van der Waals surface area (Å²) >= 11 is 0. The Balaban J connectivity index is 1.53. The first kappa shape index (κ1) is 14.8. The molecule has 0 spiro atoms. The molecule has 21 heavy (non-hydrogen) atoms. The second kappa shape index (κ2) is 6.77. The summed E-state index contributed by atoms with van der Waals surface area (Å²) in [6, 6.07) is 8.28. The fourth-order valence-electron chi connectivity index (χ4n) is 3.26. The standard InChI is InChI=1S/C17H26N2O2/c1-2-9-20-14-5-3-13(4-6-14)17(18)12-19-10-15-7-8-16(11-19)21-15/h3-6,15-17H,2,7-12,18H2,1H3. The number of hydrogen-bond acceptors (Lipinski definition) is 4. The van der Waals surface area contributed by atoms with Crippen LogP contribution in [0.1, 0.15) is 37.8 Å². The SMILES string of the molecule is CCCOc1ccc(C(N)CN2CC3CCC(C2)O3)cc1. The van der Waals surface area contributed by atoms with E-state index in [-0.39, 0.29) is 6.04 Å². The number of fused-ring (bicyclic) bond motifs is 2. The van der Waals surface area contributed by atoms with Crippen LogP contribution in [0.2, 0.25) is 0 Å². The van der Waals surface area contributed by atoms with Crippen LogP contribution in [0.25, 0.3) is 0 Å². The fourth-order valence-corrected chi connectivity index (χ4v) is 3.26. The molecule has 116 valence electrons. The maximum atomic E-state index is 6.36. The Labute approximate surface area is 127 Å². The average molecular weight is 290 g/mol. The Morgan fingerprint density at radius 3 is 2.52 bits per heavy atom. The van der Waals surface area contributed by atoms with E-state index in [1.165, 1.54) is 18.4 Å². The molecule has 0 radical (unpaired) electrons. The van der Waals surface area contributed by atoms with Gasteiger partial charge in [-0.1, -0.05) is 19.1 Å². The van der Waals surface area contributed by atoms with Gasteiger partial charge in [0.1, 0.15) is 5.75 Å². The first-order chi connectivity index (χ1) is 10.2. The van der Waals surface area contributed by atoms with Crippen molar-refractivity contribution in [2.75, 3.05) is 26.2 Å². The van der Waals surface area contributed by atoms with E-state index in [1.54, 1.807) is 0 Å². The van der Waals surface area contributed by atoms with Gasteiger partial charge in [0.05, 0.1) is 18.8 Å². The van der Waals surface area contributed by atoms with Gasteiger partial charge in [0.2, 0.25) is 0 Å². The van der Waals surface area contributed by atoms with Crippen LogP contribution in [0.15, 0.2) is 24.3 Å². The maximum absolute atomic E-state index is 6.36. The van der Waals surface area contributed by atoms with E-state index >= 15 is 0 Å². The maximum Gasteiger partial charge on any atom is 0.119 e. The first-order valence-corrected chi connectivity index (χ1v) is 8.10. The molecule has 2 bridgehead atoms. The predicted molar refractivity (Wildman–Crippen MR) is 83.5 cm³/mol. The third kappa shape index (κ3) is 3.76. The lowest BCUT2D eigenvalue weighted by atomic mass is 10.1. The zero-order chi connectivity index (χ0) is 14.7. The van der Waals surface area contributed by atoms with Crippen molar-refractivity contribution in [2.45, 2.75) is 44.4 Å². The van der Waals surface area contributed by atoms with Gasteiger partial charge >= 0.3 is 0 Å². The molecule has 0 aromatic heterocycles. The molecule has 0 aliphatic carbocycles. The zero-order valence-corrected chi connectivity index (χ0v) is 12.8. The molecule has 0 amide bonds. The molecule has 4 heteroatoms. The highest BCUT2D eigenvalue weighted by atomic mass is 16.5. The number of likely N-dealkylation sites (tertiary alicyclic amines) is 1. The van der Waals surface area contributed by atoms with Crippen LogP contribution < -0.4 is 10.5 Å². The van der Waals surface area contributed by atoms with Crippen LogP contribution in [-0.2, 0) is 4.74 Å². The molecule has 2 aliphatic heterocycles. The highest BCUT2D eigenvalue weighted by Gasteiger charge is 2.34. The molecule has 2 fully saturated rings. The number of hydrogen-bond donors (Lipinski definition) is 1. The van der Waals surface area contributed by atoms with E-state index < -0.39 is 0 Å². The summed E-state index contributed by atoms with van der Waals surface area (Å²) in [7, 11) is 0. The number of benzene rings is 1. The normalized spacial score (nSPS) is 26.8. The minimum atomic E-state index is 0.0581. The molecule has 2 aliphatic rings. The Morgan fingerprint density at radius 1 is 1.24 bits per heavy atom. The van der Waals surface area contributed by atoms with Gasteiger partial charge in [-0.15, -0.1) is 0 Å². The lowest BCUT2D eigenvalue weighted by Crippen LogP contribution is -2.45. The van der Waals surface area contributed by atoms with Crippen molar-refractivity contribution in [1.82, 2.24) is 4.90 Å². The van der Waals surface area contributed by atoms with Crippen LogP contribution >= 0.6 is 0 Å². The number of ether oxygens (including phenoxy) is 2. The summed E-state index contributed by atoms with van der Waals surface area (Å²) in [5, 5.41) is 0. The number of morpholine rings is 1. The van der Waals surface area contributed by atoms with Crippen molar-refractivity contribution in [3.05, 3.63) is 29.8 Å². The van der Waals surface area contributed by atoms with Crippen molar-refractivity contribution in [1.29, 1.82) is 0 Å². The zero-order valence-electron chi connectivity index (χ0n) is 12.8. The van der Waals surface area contributed by atoms with E-state index in [0.717, 1.165) is 38.4 Å². The highest BCUT2D eigenvalue weighted by molar-refractivity contribution is 5.29. The second-order valence-corrected chi connectivity index (χ2v) is 6.20. The second-order valence-electron chi connectivity index (χ2n) is 6.20. The molecule has 2 heterocycles. The van der Waals surface area contributed by atoms with E-state index in [0.29, 0.717) is 12.2 Å². The Morgan fingerprint density at radius 2 is 1.90 bits per heavy atom. The predicted octanol–water partition coefficient (Wildman–Crippen LogP) is 2.34. The average Bonchev–Trinajstić information content (AvgIpc) is 2.84. The smallest absolute Gasteiger partial charge is 0.119 e. The van der Waals surface area contributed by atoms with Gasteiger partial charge < -0.3 is 15.2 Å². The molecular weight excluding hydrogens is 264 g/mol. The van der Waals surface area contributed by atoms with E-state index in [2.05, 4.69) is 24.0 Å². The topological polar surface area (TPSA) is 47.7 Å². The van der Waals surface area contributed by atoms with Crippen molar-refractivity contribution in [3.63, 3.8) is 0 Å². The molecule has 3 atom stereocenters. The molecule has 0 saturated carbocycles. The fraction of sp³-hybridized carbons (Fsp3) is 0.647. The van der Waals surface area contributed by atoms with E-state index in [4.69, 9.17) is 15.2 Å². The summed E-state index contributed by atoms with van der Waals surface area (Å²) in [5.41, 5.74) is 7.54. The highest BCUT2D eigenvalue weighted by Crippen LogP contribution is 2.27. The van der Waals surface area contributed by atoms with Gasteiger partial charge in [0.15, 0.2) is 0 Å². The van der Waals surface area contributed by atoms with Crippen LogP contribution in [0, 0.1) is 0 Å². The van der Waals surface area contributed by atoms with Crippen LogP contribution in [0.3, 0.4) is 0 Å². The minimum Gasteiger partial charge on any atom is -0.494 e. The Kier molecular flexibility index (Phi) is 4.78. The largest absolute Gasteiger partial charge is 0.494 e. The van der Waals surface area contributed by atoms with Gasteiger partial charge in [-0.2, -0.15) is 0 Å². The quantitative estimate of drug-likeness (QED) is 0.873. The van der Waals surface area contributed by atoms with Gasteiger partial charge in [-0.3, -0.25) is 4.90 Å². The number of rotatable bonds is 6. The monoisotopic (exact) mass is 290 g/mol. The van der Waals surface area contributed by atoms with Crippen molar-refractivity contribution >= 4 is 0 Å². The van der Waals surface area contributed by atoms with Crippen molar-refractivity contribution in [3.8, 4) is 5.75 Å². The Bertz CT molecular complexity index is 437. The van der Waals surface area contributed by atoms with Crippen LogP contribution in [0.4, 0.5) is 0 Å². The van der Waals surface area contributed by atoms with Crippen LogP contribution in [-0.4, -0.2) is 43.3 Å². The molecule has 2 saturated heterocycles. The molecule has 3 unspecified atom stereocenters. The van der Waals surface area contributed by atoms with Crippen molar-refractivity contribution in [2.24, 2.45) is 5.73 Å². The third-order valence-electron chi connectivity index (χ3n) is 4.36. The third-order valence-corrected chi connectivity index (χ3v) is 4.36. The van der Waals surface area contributed by atoms with E-state index in [1.807, 2.05) is 12.1 Å². The van der Waals surface area contributed by atoms with Gasteiger partial charge in [0.25, 0.3) is 0 Å². The molecule has 3 rings (SSSR count).